The highest BCUT2D eigenvalue weighted by atomic mass is 16.5. The van der Waals surface area contributed by atoms with Crippen molar-refractivity contribution in [3.8, 4) is 6.07 Å². The molecule has 1 fully saturated rings. The Morgan fingerprint density at radius 1 is 1.72 bits per heavy atom. The molecule has 0 aromatic carbocycles. The van der Waals surface area contributed by atoms with Crippen molar-refractivity contribution in [1.82, 2.24) is 9.88 Å². The highest BCUT2D eigenvalue weighted by Crippen LogP contribution is 2.12. The van der Waals surface area contributed by atoms with Gasteiger partial charge in [0.15, 0.2) is 6.10 Å². The lowest BCUT2D eigenvalue weighted by Crippen LogP contribution is -2.45. The van der Waals surface area contributed by atoms with E-state index < -0.39 is 12.1 Å². The number of aromatic nitrogens is 1. The number of hydrogen-bond donors (Lipinski definition) is 1. The Morgan fingerprint density at radius 2 is 2.56 bits per heavy atom. The van der Waals surface area contributed by atoms with Crippen LogP contribution in [0, 0.1) is 11.3 Å². The lowest BCUT2D eigenvalue weighted by atomic mass is 10.1. The SMILES string of the molecule is N#Cc1ncccc1CN1CCOC(C(=O)O)C1. The molecule has 0 aliphatic carbocycles. The summed E-state index contributed by atoms with van der Waals surface area (Å²) in [5.74, 6) is -0.952. The van der Waals surface area contributed by atoms with Crippen LogP contribution in [-0.4, -0.2) is 46.8 Å². The maximum atomic E-state index is 10.9. The Labute approximate surface area is 104 Å². The van der Waals surface area contributed by atoms with Crippen molar-refractivity contribution in [3.63, 3.8) is 0 Å². The van der Waals surface area contributed by atoms with E-state index in [0.29, 0.717) is 31.9 Å². The van der Waals surface area contributed by atoms with E-state index in [9.17, 15) is 4.79 Å². The Balaban J connectivity index is 2.05. The summed E-state index contributed by atoms with van der Waals surface area (Å²) in [7, 11) is 0. The fraction of sp³-hybridized carbons (Fsp3) is 0.417. The van der Waals surface area contributed by atoms with E-state index in [1.165, 1.54) is 0 Å². The maximum absolute atomic E-state index is 10.9. The summed E-state index contributed by atoms with van der Waals surface area (Å²) in [5, 5.41) is 17.8. The number of nitrogens with zero attached hydrogens (tertiary/aromatic N) is 3. The molecular formula is C12H13N3O3. The lowest BCUT2D eigenvalue weighted by Gasteiger charge is -2.30. The molecule has 1 aliphatic heterocycles. The molecule has 2 rings (SSSR count). The summed E-state index contributed by atoms with van der Waals surface area (Å²) in [6, 6.07) is 5.63. The molecule has 0 radical (unpaired) electrons. The minimum Gasteiger partial charge on any atom is -0.479 e. The summed E-state index contributed by atoms with van der Waals surface area (Å²) < 4.78 is 5.14. The molecule has 1 aromatic heterocycles. The second-order valence-corrected chi connectivity index (χ2v) is 4.06. The molecule has 1 saturated heterocycles. The molecule has 1 aliphatic rings. The molecule has 94 valence electrons. The number of pyridine rings is 1. The van der Waals surface area contributed by atoms with Gasteiger partial charge in [-0.05, 0) is 6.07 Å². The van der Waals surface area contributed by atoms with Gasteiger partial charge in [-0.3, -0.25) is 4.90 Å². The van der Waals surface area contributed by atoms with Crippen molar-refractivity contribution in [1.29, 1.82) is 5.26 Å². The van der Waals surface area contributed by atoms with Crippen LogP contribution >= 0.6 is 0 Å². The Bertz CT molecular complexity index is 484. The van der Waals surface area contributed by atoms with Gasteiger partial charge in [-0.15, -0.1) is 0 Å². The quantitative estimate of drug-likeness (QED) is 0.823. The minimum atomic E-state index is -0.952. The van der Waals surface area contributed by atoms with Crippen LogP contribution in [0.1, 0.15) is 11.3 Å². The molecule has 6 heteroatoms. The largest absolute Gasteiger partial charge is 0.479 e. The van der Waals surface area contributed by atoms with Gasteiger partial charge in [-0.2, -0.15) is 5.26 Å². The number of carboxylic acids is 1. The number of hydrogen-bond acceptors (Lipinski definition) is 5. The van der Waals surface area contributed by atoms with Crippen molar-refractivity contribution in [2.75, 3.05) is 19.7 Å². The summed E-state index contributed by atoms with van der Waals surface area (Å²) in [6.45, 7) is 1.89. The van der Waals surface area contributed by atoms with Crippen molar-refractivity contribution in [2.24, 2.45) is 0 Å². The first-order valence-electron chi connectivity index (χ1n) is 5.61. The number of aliphatic carboxylic acids is 1. The van der Waals surface area contributed by atoms with Crippen LogP contribution in [0.4, 0.5) is 0 Å². The molecule has 2 heterocycles. The van der Waals surface area contributed by atoms with Crippen LogP contribution in [0.2, 0.25) is 0 Å². The fourth-order valence-corrected chi connectivity index (χ4v) is 1.90. The molecule has 1 N–H and O–H groups in total. The first-order valence-corrected chi connectivity index (χ1v) is 5.61. The van der Waals surface area contributed by atoms with Crippen LogP contribution in [0.25, 0.3) is 0 Å². The van der Waals surface area contributed by atoms with E-state index in [-0.39, 0.29) is 0 Å². The molecule has 0 bridgehead atoms. The van der Waals surface area contributed by atoms with Gasteiger partial charge in [0.1, 0.15) is 11.8 Å². The Hall–Kier alpha value is -1.97. The number of ether oxygens (including phenoxy) is 1. The average Bonchev–Trinajstić information content (AvgIpc) is 2.39. The van der Waals surface area contributed by atoms with E-state index in [4.69, 9.17) is 15.1 Å². The third-order valence-electron chi connectivity index (χ3n) is 2.82. The second-order valence-electron chi connectivity index (χ2n) is 4.06. The second kappa shape index (κ2) is 5.58. The topological polar surface area (TPSA) is 86.5 Å². The molecule has 1 aromatic rings. The van der Waals surface area contributed by atoms with Gasteiger partial charge >= 0.3 is 5.97 Å². The first-order chi connectivity index (χ1) is 8.70. The van der Waals surface area contributed by atoms with Crippen LogP contribution < -0.4 is 0 Å². The summed E-state index contributed by atoms with van der Waals surface area (Å²) in [6.07, 6.45) is 0.780. The van der Waals surface area contributed by atoms with Gasteiger partial charge in [0.05, 0.1) is 6.61 Å². The fourth-order valence-electron chi connectivity index (χ4n) is 1.90. The van der Waals surface area contributed by atoms with E-state index in [2.05, 4.69) is 4.98 Å². The molecule has 0 saturated carbocycles. The number of carboxylic acid groups (broad SMARTS) is 1. The Kier molecular flexibility index (Phi) is 3.87. The van der Waals surface area contributed by atoms with Gasteiger partial charge in [-0.25, -0.2) is 9.78 Å². The van der Waals surface area contributed by atoms with E-state index in [1.54, 1.807) is 12.3 Å². The molecule has 18 heavy (non-hydrogen) atoms. The number of rotatable bonds is 3. The van der Waals surface area contributed by atoms with Crippen molar-refractivity contribution in [3.05, 3.63) is 29.6 Å². The lowest BCUT2D eigenvalue weighted by molar-refractivity contribution is -0.156. The molecule has 6 nitrogen and oxygen atoms in total. The normalized spacial score (nSPS) is 20.3. The maximum Gasteiger partial charge on any atom is 0.334 e. The van der Waals surface area contributed by atoms with Crippen LogP contribution in [-0.2, 0) is 16.1 Å². The standard InChI is InChI=1S/C12H13N3O3/c13-6-10-9(2-1-3-14-10)7-15-4-5-18-11(8-15)12(16)17/h1-3,11H,4-5,7-8H2,(H,16,17). The van der Waals surface area contributed by atoms with Gasteiger partial charge in [0, 0.05) is 31.4 Å². The van der Waals surface area contributed by atoms with Crippen molar-refractivity contribution >= 4 is 5.97 Å². The summed E-state index contributed by atoms with van der Waals surface area (Å²) in [4.78, 5) is 16.8. The van der Waals surface area contributed by atoms with Crippen LogP contribution in [0.5, 0.6) is 0 Å². The van der Waals surface area contributed by atoms with E-state index in [1.807, 2.05) is 17.0 Å². The number of carbonyl (C=O) groups is 1. The first kappa shape index (κ1) is 12.5. The summed E-state index contributed by atoms with van der Waals surface area (Å²) in [5.41, 5.74) is 1.20. The monoisotopic (exact) mass is 247 g/mol. The molecular weight excluding hydrogens is 234 g/mol. The van der Waals surface area contributed by atoms with Crippen molar-refractivity contribution in [2.45, 2.75) is 12.6 Å². The van der Waals surface area contributed by atoms with Gasteiger partial charge < -0.3 is 9.84 Å². The Morgan fingerprint density at radius 3 is 3.28 bits per heavy atom. The van der Waals surface area contributed by atoms with E-state index in [0.717, 1.165) is 5.56 Å². The molecule has 1 unspecified atom stereocenters. The minimum absolute atomic E-state index is 0.328. The zero-order valence-corrected chi connectivity index (χ0v) is 9.74. The van der Waals surface area contributed by atoms with Crippen LogP contribution in [0.3, 0.4) is 0 Å². The highest BCUT2D eigenvalue weighted by Gasteiger charge is 2.26. The van der Waals surface area contributed by atoms with Crippen LogP contribution in [0.15, 0.2) is 18.3 Å². The average molecular weight is 247 g/mol. The van der Waals surface area contributed by atoms with E-state index >= 15 is 0 Å². The zero-order valence-electron chi connectivity index (χ0n) is 9.74. The molecule has 0 spiro atoms. The summed E-state index contributed by atoms with van der Waals surface area (Å²) >= 11 is 0. The third-order valence-corrected chi connectivity index (χ3v) is 2.82. The van der Waals surface area contributed by atoms with Crippen molar-refractivity contribution < 1.29 is 14.6 Å². The number of nitriles is 1. The predicted octanol–water partition coefficient (Wildman–Crippen LogP) is 0.239. The highest BCUT2D eigenvalue weighted by molar-refractivity contribution is 5.72. The smallest absolute Gasteiger partial charge is 0.334 e. The number of morpholine rings is 1. The zero-order chi connectivity index (χ0) is 13.0. The molecule has 0 amide bonds. The predicted molar refractivity (Wildman–Crippen MR) is 61.6 cm³/mol. The van der Waals surface area contributed by atoms with Gasteiger partial charge in [0.2, 0.25) is 0 Å². The third kappa shape index (κ3) is 2.83. The van der Waals surface area contributed by atoms with Gasteiger partial charge in [0.25, 0.3) is 0 Å². The van der Waals surface area contributed by atoms with Gasteiger partial charge in [-0.1, -0.05) is 6.07 Å². The molecule has 1 atom stereocenters.